The van der Waals surface area contributed by atoms with Crippen LogP contribution in [-0.4, -0.2) is 10.4 Å². The molecule has 0 spiro atoms. The molecule has 0 radical (unpaired) electrons. The first-order valence-corrected chi connectivity index (χ1v) is 11.3. The van der Waals surface area contributed by atoms with Crippen molar-refractivity contribution in [1.82, 2.24) is 0 Å². The molecule has 0 amide bonds. The Labute approximate surface area is 165 Å². The van der Waals surface area contributed by atoms with E-state index in [1.54, 1.807) is 0 Å². The van der Waals surface area contributed by atoms with Crippen molar-refractivity contribution in [3.63, 3.8) is 0 Å². The van der Waals surface area contributed by atoms with E-state index in [0.717, 1.165) is 6.42 Å². The molecule has 0 aromatic heterocycles. The maximum absolute atomic E-state index is 12.9. The van der Waals surface area contributed by atoms with Gasteiger partial charge in [0, 0.05) is 22.1 Å². The van der Waals surface area contributed by atoms with Crippen molar-refractivity contribution in [3.8, 4) is 0 Å². The predicted molar refractivity (Wildman–Crippen MR) is 111 cm³/mol. The fourth-order valence-electron chi connectivity index (χ4n) is 4.84. The molecule has 26 heavy (non-hydrogen) atoms. The van der Waals surface area contributed by atoms with E-state index in [0.29, 0.717) is 22.2 Å². The van der Waals surface area contributed by atoms with Gasteiger partial charge in [0.05, 0.1) is 4.58 Å². The van der Waals surface area contributed by atoms with Crippen LogP contribution in [0.1, 0.15) is 33.1 Å². The van der Waals surface area contributed by atoms with Gasteiger partial charge in [0.2, 0.25) is 0 Å². The molecule has 2 aromatic rings. The van der Waals surface area contributed by atoms with Crippen LogP contribution < -0.4 is 0 Å². The number of thioether (sulfide) groups is 2. The van der Waals surface area contributed by atoms with Crippen molar-refractivity contribution in [2.75, 3.05) is 0 Å². The molecule has 1 unspecified atom stereocenters. The number of carbonyl (C=O) groups is 1. The van der Waals surface area contributed by atoms with Crippen molar-refractivity contribution in [1.29, 1.82) is 0 Å². The highest BCUT2D eigenvalue weighted by Crippen LogP contribution is 2.62. The average molecular weight is 383 g/mol. The Balaban J connectivity index is 1.60. The highest BCUT2D eigenvalue weighted by molar-refractivity contribution is 8.17. The van der Waals surface area contributed by atoms with Crippen molar-refractivity contribution < 1.29 is 4.79 Å². The molecule has 0 aliphatic heterocycles. The minimum absolute atomic E-state index is 0.207. The number of benzene rings is 2. The Morgan fingerprint density at radius 2 is 1.50 bits per heavy atom. The Morgan fingerprint density at radius 1 is 0.962 bits per heavy atom. The van der Waals surface area contributed by atoms with Gasteiger partial charge in [0.25, 0.3) is 0 Å². The first-order chi connectivity index (χ1) is 12.6. The summed E-state index contributed by atoms with van der Waals surface area (Å²) in [6.45, 7) is 4.68. The fourth-order valence-corrected chi connectivity index (χ4v) is 7.61. The quantitative estimate of drug-likeness (QED) is 0.417. The largest absolute Gasteiger partial charge is 0.299 e. The van der Waals surface area contributed by atoms with Crippen molar-refractivity contribution in [2.24, 2.45) is 23.2 Å². The van der Waals surface area contributed by atoms with Crippen LogP contribution in [0.3, 0.4) is 0 Å². The van der Waals surface area contributed by atoms with Gasteiger partial charge in [-0.05, 0) is 54.4 Å². The van der Waals surface area contributed by atoms with E-state index in [4.69, 9.17) is 0 Å². The lowest BCUT2D eigenvalue weighted by atomic mass is 9.57. The summed E-state index contributed by atoms with van der Waals surface area (Å²) in [4.78, 5) is 15.4. The number of rotatable bonds is 6. The Hall–Kier alpha value is -1.19. The third-order valence-electron chi connectivity index (χ3n) is 6.42. The highest BCUT2D eigenvalue weighted by Gasteiger charge is 2.59. The molecule has 2 fully saturated rings. The normalized spacial score (nSPS) is 28.7. The summed E-state index contributed by atoms with van der Waals surface area (Å²) in [5.41, 5.74) is 0.239. The predicted octanol–water partition coefficient (Wildman–Crippen LogP) is 6.54. The zero-order valence-corrected chi connectivity index (χ0v) is 17.1. The molecule has 0 saturated heterocycles. The number of fused-ring (bicyclic) bond motifs is 1. The molecule has 4 atom stereocenters. The molecule has 0 bridgehead atoms. The van der Waals surface area contributed by atoms with E-state index in [-0.39, 0.29) is 11.3 Å². The number of hydrogen-bond donors (Lipinski definition) is 0. The van der Waals surface area contributed by atoms with Gasteiger partial charge in [-0.25, -0.2) is 0 Å². The summed E-state index contributed by atoms with van der Waals surface area (Å²) >= 11 is 3.83. The molecular formula is C23H26OS2. The third-order valence-corrected chi connectivity index (χ3v) is 9.40. The fraction of sp³-hybridized carbons (Fsp3) is 0.435. The highest BCUT2D eigenvalue weighted by atomic mass is 32.2. The average Bonchev–Trinajstić information content (AvgIpc) is 2.82. The van der Waals surface area contributed by atoms with Crippen LogP contribution in [0.15, 0.2) is 70.5 Å². The van der Waals surface area contributed by atoms with E-state index in [2.05, 4.69) is 74.5 Å². The Bertz CT molecular complexity index is 719. The molecule has 3 heteroatoms. The first kappa shape index (κ1) is 18.2. The summed E-state index contributed by atoms with van der Waals surface area (Å²) in [6, 6.07) is 21.2. The minimum Gasteiger partial charge on any atom is -0.299 e. The number of ketones is 1. The zero-order valence-electron chi connectivity index (χ0n) is 15.4. The van der Waals surface area contributed by atoms with Gasteiger partial charge in [0.15, 0.2) is 0 Å². The summed E-state index contributed by atoms with van der Waals surface area (Å²) < 4.78 is 0.338. The van der Waals surface area contributed by atoms with Crippen LogP contribution in [0, 0.1) is 23.2 Å². The molecule has 2 aromatic carbocycles. The smallest absolute Gasteiger partial charge is 0.137 e. The molecule has 1 nitrogen and oxygen atoms in total. The van der Waals surface area contributed by atoms with Gasteiger partial charge >= 0.3 is 0 Å². The minimum atomic E-state index is 0.207. The number of hydrogen-bond acceptors (Lipinski definition) is 3. The SMILES string of the molecule is CC(C(Sc1ccccc1)Sc1ccccc1)[C@H]1C(=O)C[C@H]2CC[C@@]21C. The molecule has 4 rings (SSSR count). The molecule has 136 valence electrons. The molecule has 2 aliphatic rings. The van der Waals surface area contributed by atoms with E-state index < -0.39 is 0 Å². The Morgan fingerprint density at radius 3 is 1.92 bits per heavy atom. The second kappa shape index (κ2) is 7.44. The first-order valence-electron chi connectivity index (χ1n) is 9.54. The van der Waals surface area contributed by atoms with Gasteiger partial charge < -0.3 is 0 Å². The monoisotopic (exact) mass is 382 g/mol. The number of carbonyl (C=O) groups excluding carboxylic acids is 1. The summed E-state index contributed by atoms with van der Waals surface area (Å²) in [5, 5.41) is 0. The molecule has 0 heterocycles. The van der Waals surface area contributed by atoms with Crippen molar-refractivity contribution in [3.05, 3.63) is 60.7 Å². The van der Waals surface area contributed by atoms with E-state index in [1.807, 2.05) is 23.5 Å². The maximum Gasteiger partial charge on any atom is 0.137 e. The summed E-state index contributed by atoms with van der Waals surface area (Å²) in [7, 11) is 0. The van der Waals surface area contributed by atoms with Crippen LogP contribution >= 0.6 is 23.5 Å². The standard InChI is InChI=1S/C23H26OS2/c1-16(21-20(24)15-17-13-14-23(17,21)2)22(25-18-9-5-3-6-10-18)26-19-11-7-4-8-12-19/h3-12,16-17,21-22H,13-15H2,1-2H3/t16?,17-,21+,23+/m1/s1. The number of Topliss-reactive ketones (excluding diaryl/α,β-unsaturated/α-hetero) is 1. The van der Waals surface area contributed by atoms with Gasteiger partial charge in [-0.2, -0.15) is 0 Å². The van der Waals surface area contributed by atoms with Crippen LogP contribution in [-0.2, 0) is 4.79 Å². The second-order valence-electron chi connectivity index (χ2n) is 7.98. The van der Waals surface area contributed by atoms with Gasteiger partial charge in [0.1, 0.15) is 5.78 Å². The van der Waals surface area contributed by atoms with Crippen LogP contribution in [0.25, 0.3) is 0 Å². The molecule has 0 N–H and O–H groups in total. The van der Waals surface area contributed by atoms with Gasteiger partial charge in [-0.15, -0.1) is 23.5 Å². The van der Waals surface area contributed by atoms with E-state index in [9.17, 15) is 4.79 Å². The van der Waals surface area contributed by atoms with Gasteiger partial charge in [-0.3, -0.25) is 4.79 Å². The molecule has 2 aliphatic carbocycles. The van der Waals surface area contributed by atoms with E-state index >= 15 is 0 Å². The molecule has 2 saturated carbocycles. The maximum atomic E-state index is 12.9. The lowest BCUT2D eigenvalue weighted by Crippen LogP contribution is -2.43. The second-order valence-corrected chi connectivity index (χ2v) is 10.7. The van der Waals surface area contributed by atoms with Crippen LogP contribution in [0.5, 0.6) is 0 Å². The lowest BCUT2D eigenvalue weighted by Gasteiger charge is -2.48. The van der Waals surface area contributed by atoms with Crippen LogP contribution in [0.4, 0.5) is 0 Å². The zero-order chi connectivity index (χ0) is 18.1. The topological polar surface area (TPSA) is 17.1 Å². The summed E-state index contributed by atoms with van der Waals surface area (Å²) in [6.07, 6.45) is 3.27. The Kier molecular flexibility index (Phi) is 5.20. The van der Waals surface area contributed by atoms with E-state index in [1.165, 1.54) is 22.6 Å². The van der Waals surface area contributed by atoms with Crippen LogP contribution in [0.2, 0.25) is 0 Å². The van der Waals surface area contributed by atoms with Crippen molar-refractivity contribution in [2.45, 2.75) is 47.5 Å². The lowest BCUT2D eigenvalue weighted by molar-refractivity contribution is -0.124. The molecular weight excluding hydrogens is 356 g/mol. The third kappa shape index (κ3) is 3.36. The van der Waals surface area contributed by atoms with Crippen molar-refractivity contribution >= 4 is 29.3 Å². The van der Waals surface area contributed by atoms with Gasteiger partial charge in [-0.1, -0.05) is 50.2 Å². The summed E-state index contributed by atoms with van der Waals surface area (Å²) in [5.74, 6) is 1.70.